The van der Waals surface area contributed by atoms with Gasteiger partial charge in [-0.05, 0) is 81.3 Å². The molecule has 0 amide bonds. The summed E-state index contributed by atoms with van der Waals surface area (Å²) in [4.78, 5) is 16.5. The van der Waals surface area contributed by atoms with Gasteiger partial charge in [-0.3, -0.25) is 9.36 Å². The fraction of sp³-hybridized carbons (Fsp3) is 0.500. The van der Waals surface area contributed by atoms with E-state index in [-0.39, 0.29) is 5.56 Å². The smallest absolute Gasteiger partial charge is 0.264 e. The fourth-order valence-electron chi connectivity index (χ4n) is 5.02. The van der Waals surface area contributed by atoms with Crippen LogP contribution in [0.5, 0.6) is 0 Å². The second-order valence-corrected chi connectivity index (χ2v) is 12.3. The fourth-order valence-corrected chi connectivity index (χ4v) is 7.32. The predicted molar refractivity (Wildman–Crippen MR) is 153 cm³/mol. The minimum atomic E-state index is 0.141. The van der Waals surface area contributed by atoms with Crippen molar-refractivity contribution in [3.63, 3.8) is 0 Å². The van der Waals surface area contributed by atoms with Gasteiger partial charge in [0.15, 0.2) is 0 Å². The number of hydrogen-bond acceptors (Lipinski definition) is 3. The number of thiophene rings is 2. The molecule has 2 nitrogen and oxygen atoms in total. The number of pyridine rings is 1. The third-order valence-corrected chi connectivity index (χ3v) is 9.43. The Bertz CT molecular complexity index is 1310. The summed E-state index contributed by atoms with van der Waals surface area (Å²) in [6, 6.07) is 9.19. The van der Waals surface area contributed by atoms with Crippen molar-refractivity contribution < 1.29 is 0 Å². The van der Waals surface area contributed by atoms with Crippen LogP contribution in [0, 0.1) is 20.8 Å². The van der Waals surface area contributed by atoms with Gasteiger partial charge in [0.05, 0.1) is 20.3 Å². The second-order valence-electron chi connectivity index (χ2n) is 9.83. The third-order valence-electron chi connectivity index (χ3n) is 7.02. The summed E-state index contributed by atoms with van der Waals surface area (Å²) < 4.78 is 4.44. The Labute approximate surface area is 212 Å². The number of unbranched alkanes of at least 4 members (excludes halogenated alkanes) is 6. The molecule has 34 heavy (non-hydrogen) atoms. The zero-order valence-corrected chi connectivity index (χ0v) is 23.2. The first-order valence-electron chi connectivity index (χ1n) is 13.1. The van der Waals surface area contributed by atoms with Crippen molar-refractivity contribution in [1.82, 2.24) is 4.57 Å². The zero-order chi connectivity index (χ0) is 24.2. The van der Waals surface area contributed by atoms with Crippen LogP contribution in [-0.4, -0.2) is 4.57 Å². The van der Waals surface area contributed by atoms with Crippen LogP contribution in [0.4, 0.5) is 0 Å². The molecule has 0 aliphatic rings. The van der Waals surface area contributed by atoms with E-state index in [2.05, 4.69) is 58.9 Å². The van der Waals surface area contributed by atoms with Crippen molar-refractivity contribution in [2.24, 2.45) is 0 Å². The molecular formula is C30H39NOS2. The van der Waals surface area contributed by atoms with Gasteiger partial charge in [0.2, 0.25) is 0 Å². The number of fused-ring (bicyclic) bond motifs is 3. The molecule has 3 heterocycles. The van der Waals surface area contributed by atoms with Crippen LogP contribution in [0.25, 0.3) is 26.0 Å². The van der Waals surface area contributed by atoms with Gasteiger partial charge in [0.25, 0.3) is 5.56 Å². The minimum Gasteiger partial charge on any atom is -0.275 e. The summed E-state index contributed by atoms with van der Waals surface area (Å²) in [5.41, 5.74) is 6.16. The van der Waals surface area contributed by atoms with E-state index in [0.717, 1.165) is 35.0 Å². The van der Waals surface area contributed by atoms with Gasteiger partial charge >= 0.3 is 0 Å². The van der Waals surface area contributed by atoms with Crippen molar-refractivity contribution >= 4 is 43.0 Å². The molecule has 0 saturated heterocycles. The molecule has 0 atom stereocenters. The summed E-state index contributed by atoms with van der Waals surface area (Å²) >= 11 is 3.59. The van der Waals surface area contributed by atoms with Gasteiger partial charge in [-0.2, -0.15) is 0 Å². The molecular weight excluding hydrogens is 454 g/mol. The molecule has 4 rings (SSSR count). The van der Waals surface area contributed by atoms with E-state index in [0.29, 0.717) is 0 Å². The molecule has 0 N–H and O–H groups in total. The van der Waals surface area contributed by atoms with Crippen LogP contribution in [0.2, 0.25) is 0 Å². The molecule has 4 heteroatoms. The molecule has 0 spiro atoms. The highest BCUT2D eigenvalue weighted by Crippen LogP contribution is 2.38. The number of nitrogens with zero attached hydrogens (tertiary/aromatic N) is 1. The highest BCUT2D eigenvalue weighted by atomic mass is 32.1. The zero-order valence-electron chi connectivity index (χ0n) is 21.6. The maximum Gasteiger partial charge on any atom is 0.264 e. The molecule has 0 aliphatic carbocycles. The van der Waals surface area contributed by atoms with Crippen LogP contribution in [0.15, 0.2) is 29.1 Å². The highest BCUT2D eigenvalue weighted by Gasteiger charge is 2.19. The van der Waals surface area contributed by atoms with Crippen molar-refractivity contribution in [3.05, 3.63) is 61.1 Å². The van der Waals surface area contributed by atoms with E-state index < -0.39 is 0 Å². The van der Waals surface area contributed by atoms with Crippen LogP contribution in [0.3, 0.4) is 0 Å². The van der Waals surface area contributed by atoms with E-state index in [9.17, 15) is 4.79 Å². The van der Waals surface area contributed by atoms with Gasteiger partial charge in [0.1, 0.15) is 0 Å². The largest absolute Gasteiger partial charge is 0.275 e. The third kappa shape index (κ3) is 5.18. The average molecular weight is 494 g/mol. The van der Waals surface area contributed by atoms with Gasteiger partial charge in [-0.1, -0.05) is 58.4 Å². The Morgan fingerprint density at radius 1 is 0.735 bits per heavy atom. The standard InChI is InChI=1S/C30H39NOS2/c1-6-8-10-12-14-23-17-24(15-13-11-9-7-2)19-25(18-23)31-26-16-20(3)33-28(26)29-27(30(31)32)21(4)22(5)34-29/h16-19H,6-15H2,1-5H3. The van der Waals surface area contributed by atoms with Gasteiger partial charge in [-0.15, -0.1) is 22.7 Å². The lowest BCUT2D eigenvalue weighted by Crippen LogP contribution is -2.19. The maximum atomic E-state index is 14.0. The SMILES string of the molecule is CCCCCCc1cc(CCCCCC)cc(-n2c(=O)c3c(C)c(C)sc3c3sc(C)cc32)c1. The van der Waals surface area contributed by atoms with Crippen LogP contribution >= 0.6 is 22.7 Å². The lowest BCUT2D eigenvalue weighted by atomic mass is 9.99. The van der Waals surface area contributed by atoms with Gasteiger partial charge in [-0.25, -0.2) is 0 Å². The Hall–Kier alpha value is -1.91. The van der Waals surface area contributed by atoms with Gasteiger partial charge in [0, 0.05) is 15.4 Å². The minimum absolute atomic E-state index is 0.141. The molecule has 0 fully saturated rings. The molecule has 0 unspecified atom stereocenters. The Kier molecular flexibility index (Phi) is 8.31. The molecule has 0 aliphatic heterocycles. The summed E-state index contributed by atoms with van der Waals surface area (Å²) in [5, 5.41) is 0.912. The van der Waals surface area contributed by atoms with Crippen LogP contribution < -0.4 is 5.56 Å². The second kappa shape index (κ2) is 11.2. The predicted octanol–water partition coefficient (Wildman–Crippen LogP) is 9.44. The number of aryl methyl sites for hydroxylation is 5. The first kappa shape index (κ1) is 25.2. The van der Waals surface area contributed by atoms with E-state index in [1.807, 2.05) is 15.9 Å². The summed E-state index contributed by atoms with van der Waals surface area (Å²) in [7, 11) is 0. The lowest BCUT2D eigenvalue weighted by Gasteiger charge is -2.14. The molecule has 0 saturated carbocycles. The molecule has 182 valence electrons. The Balaban J connectivity index is 1.85. The number of aromatic nitrogens is 1. The quantitative estimate of drug-likeness (QED) is 0.191. The molecule has 0 radical (unpaired) electrons. The first-order chi connectivity index (χ1) is 16.4. The monoisotopic (exact) mass is 493 g/mol. The van der Waals surface area contributed by atoms with Crippen molar-refractivity contribution in [2.75, 3.05) is 0 Å². The highest BCUT2D eigenvalue weighted by molar-refractivity contribution is 7.27. The van der Waals surface area contributed by atoms with E-state index >= 15 is 0 Å². The van der Waals surface area contributed by atoms with Crippen molar-refractivity contribution in [1.29, 1.82) is 0 Å². The molecule has 0 bridgehead atoms. The van der Waals surface area contributed by atoms with Gasteiger partial charge < -0.3 is 0 Å². The first-order valence-corrected chi connectivity index (χ1v) is 14.8. The molecule has 4 aromatic rings. The Morgan fingerprint density at radius 3 is 1.94 bits per heavy atom. The van der Waals surface area contributed by atoms with Crippen LogP contribution in [0.1, 0.15) is 91.7 Å². The number of benzene rings is 1. The van der Waals surface area contributed by atoms with E-state index in [4.69, 9.17) is 0 Å². The maximum absolute atomic E-state index is 14.0. The molecule has 3 aromatic heterocycles. The summed E-state index contributed by atoms with van der Waals surface area (Å²) in [6.45, 7) is 10.9. The van der Waals surface area contributed by atoms with Crippen LogP contribution in [-0.2, 0) is 12.8 Å². The Morgan fingerprint density at radius 2 is 1.35 bits per heavy atom. The number of hydrogen-bond donors (Lipinski definition) is 0. The van der Waals surface area contributed by atoms with E-state index in [1.165, 1.54) is 81.6 Å². The molecule has 1 aromatic carbocycles. The summed E-state index contributed by atoms with van der Waals surface area (Å²) in [6.07, 6.45) is 12.3. The topological polar surface area (TPSA) is 22.0 Å². The average Bonchev–Trinajstić information content (AvgIpc) is 3.34. The number of rotatable bonds is 11. The lowest BCUT2D eigenvalue weighted by molar-refractivity contribution is 0.661. The van der Waals surface area contributed by atoms with Crippen molar-refractivity contribution in [2.45, 2.75) is 98.8 Å². The summed E-state index contributed by atoms with van der Waals surface area (Å²) in [5.74, 6) is 0. The van der Waals surface area contributed by atoms with Crippen molar-refractivity contribution in [3.8, 4) is 5.69 Å². The normalized spacial score (nSPS) is 11.8. The van der Waals surface area contributed by atoms with E-state index in [1.54, 1.807) is 11.3 Å².